The molecule has 0 aliphatic heterocycles. The van der Waals surface area contributed by atoms with E-state index in [1.807, 2.05) is 37.3 Å². The Balaban J connectivity index is 1.59. The topological polar surface area (TPSA) is 87.7 Å². The Morgan fingerprint density at radius 3 is 2.37 bits per heavy atom. The molecule has 0 atom stereocenters. The van der Waals surface area contributed by atoms with E-state index in [2.05, 4.69) is 26.6 Å². The molecule has 0 aliphatic carbocycles. The van der Waals surface area contributed by atoms with E-state index >= 15 is 0 Å². The van der Waals surface area contributed by atoms with Crippen molar-refractivity contribution in [3.63, 3.8) is 0 Å². The molecule has 0 unspecified atom stereocenters. The number of anilines is 1. The van der Waals surface area contributed by atoms with Gasteiger partial charge in [-0.25, -0.2) is 8.42 Å². The number of nitrogens with one attached hydrogen (secondary N) is 2. The number of ether oxygens (including phenoxy) is 1. The lowest BCUT2D eigenvalue weighted by atomic mass is 10.2. The van der Waals surface area contributed by atoms with Gasteiger partial charge in [-0.2, -0.15) is 4.31 Å². The van der Waals surface area contributed by atoms with Crippen LogP contribution in [-0.2, 0) is 16.6 Å². The zero-order valence-electron chi connectivity index (χ0n) is 19.3. The number of carbonyl (C=O) groups excluding carboxylic acids is 1. The predicted octanol–water partition coefficient (Wildman–Crippen LogP) is 5.19. The Morgan fingerprint density at radius 1 is 1.06 bits per heavy atom. The van der Waals surface area contributed by atoms with Crippen LogP contribution in [0.4, 0.5) is 5.69 Å². The van der Waals surface area contributed by atoms with Crippen LogP contribution in [0.2, 0.25) is 0 Å². The average molecular weight is 577 g/mol. The molecule has 0 heterocycles. The summed E-state index contributed by atoms with van der Waals surface area (Å²) in [5, 5.41) is 5.61. The Hall–Kier alpha value is -2.79. The largest absolute Gasteiger partial charge is 0.492 e. The Morgan fingerprint density at radius 2 is 1.74 bits per heavy atom. The van der Waals surface area contributed by atoms with Gasteiger partial charge in [-0.1, -0.05) is 37.3 Å². The smallest absolute Gasteiger partial charge is 0.257 e. The van der Waals surface area contributed by atoms with Crippen molar-refractivity contribution < 1.29 is 17.9 Å². The quantitative estimate of drug-likeness (QED) is 0.341. The molecule has 0 bridgehead atoms. The Bertz CT molecular complexity index is 1280. The maximum absolute atomic E-state index is 12.9. The molecule has 2 N–H and O–H groups in total. The van der Waals surface area contributed by atoms with Crippen molar-refractivity contribution in [1.29, 1.82) is 0 Å². The highest BCUT2D eigenvalue weighted by atomic mass is 79.9. The Kier molecular flexibility index (Phi) is 9.39. The Labute approximate surface area is 219 Å². The van der Waals surface area contributed by atoms with Gasteiger partial charge in [-0.05, 0) is 82.6 Å². The molecular formula is C25H26BrN3O4S2. The monoisotopic (exact) mass is 575 g/mol. The van der Waals surface area contributed by atoms with Gasteiger partial charge in [0.1, 0.15) is 5.75 Å². The van der Waals surface area contributed by atoms with E-state index < -0.39 is 10.0 Å². The molecule has 3 aromatic rings. The van der Waals surface area contributed by atoms with E-state index in [1.54, 1.807) is 37.4 Å². The molecule has 0 saturated heterocycles. The lowest BCUT2D eigenvalue weighted by Crippen LogP contribution is -2.34. The summed E-state index contributed by atoms with van der Waals surface area (Å²) in [6, 6.07) is 20.6. The SMILES string of the molecule is CCCOc1ccc(C(=O)NC(=S)Nc2ccc(S(=O)(=O)N(C)Cc3ccccc3)cc2)cc1Br. The number of hydrogen-bond acceptors (Lipinski definition) is 5. The van der Waals surface area contributed by atoms with Crippen molar-refractivity contribution in [2.45, 2.75) is 24.8 Å². The van der Waals surface area contributed by atoms with Crippen LogP contribution in [0, 0.1) is 0 Å². The first kappa shape index (κ1) is 26.8. The van der Waals surface area contributed by atoms with Gasteiger partial charge in [-0.3, -0.25) is 10.1 Å². The summed E-state index contributed by atoms with van der Waals surface area (Å²) in [5.74, 6) is 0.278. The van der Waals surface area contributed by atoms with Crippen LogP contribution in [0.3, 0.4) is 0 Å². The molecule has 3 rings (SSSR count). The number of nitrogens with zero attached hydrogens (tertiary/aromatic N) is 1. The van der Waals surface area contributed by atoms with Crippen LogP contribution in [0.25, 0.3) is 0 Å². The van der Waals surface area contributed by atoms with Crippen molar-refractivity contribution in [3.8, 4) is 5.75 Å². The minimum Gasteiger partial charge on any atom is -0.492 e. The molecule has 0 fully saturated rings. The van der Waals surface area contributed by atoms with Crippen molar-refractivity contribution in [2.24, 2.45) is 0 Å². The van der Waals surface area contributed by atoms with E-state index in [-0.39, 0.29) is 22.5 Å². The summed E-state index contributed by atoms with van der Waals surface area (Å²) >= 11 is 8.65. The third-order valence-electron chi connectivity index (χ3n) is 4.95. The van der Waals surface area contributed by atoms with Gasteiger partial charge in [0.2, 0.25) is 10.0 Å². The van der Waals surface area contributed by atoms with E-state index in [0.717, 1.165) is 12.0 Å². The molecule has 0 spiro atoms. The summed E-state index contributed by atoms with van der Waals surface area (Å²) in [6.45, 7) is 2.86. The predicted molar refractivity (Wildman–Crippen MR) is 145 cm³/mol. The standard InChI is InChI=1S/C25H26BrN3O4S2/c1-3-15-33-23-14-9-19(16-22(23)26)24(30)28-25(34)27-20-10-12-21(13-11-20)35(31,32)29(2)17-18-7-5-4-6-8-18/h4-14,16H,3,15,17H2,1-2H3,(H2,27,28,30,34). The van der Waals surface area contributed by atoms with Crippen LogP contribution in [0.1, 0.15) is 29.3 Å². The van der Waals surface area contributed by atoms with Crippen LogP contribution in [-0.4, -0.2) is 37.4 Å². The molecule has 3 aromatic carbocycles. The number of amides is 1. The normalized spacial score (nSPS) is 11.2. The highest BCUT2D eigenvalue weighted by Gasteiger charge is 2.21. The number of thiocarbonyl (C=S) groups is 1. The molecule has 1 amide bonds. The minimum absolute atomic E-state index is 0.0919. The molecule has 184 valence electrons. The van der Waals surface area contributed by atoms with Gasteiger partial charge >= 0.3 is 0 Å². The molecule has 0 aromatic heterocycles. The summed E-state index contributed by atoms with van der Waals surface area (Å²) < 4.78 is 33.4. The molecule has 0 saturated carbocycles. The highest BCUT2D eigenvalue weighted by Crippen LogP contribution is 2.26. The van der Waals surface area contributed by atoms with E-state index in [0.29, 0.717) is 28.1 Å². The zero-order valence-corrected chi connectivity index (χ0v) is 22.5. The second-order valence-corrected chi connectivity index (χ2v) is 11.0. The lowest BCUT2D eigenvalue weighted by molar-refractivity contribution is 0.0977. The molecule has 7 nitrogen and oxygen atoms in total. The first-order valence-electron chi connectivity index (χ1n) is 10.9. The van der Waals surface area contributed by atoms with E-state index in [1.165, 1.54) is 16.4 Å². The first-order chi connectivity index (χ1) is 16.7. The fraction of sp³-hybridized carbons (Fsp3) is 0.200. The van der Waals surface area contributed by atoms with Crippen LogP contribution in [0.5, 0.6) is 5.75 Å². The fourth-order valence-corrected chi connectivity index (χ4v) is 4.99. The number of rotatable bonds is 9. The maximum atomic E-state index is 12.9. The van der Waals surface area contributed by atoms with E-state index in [4.69, 9.17) is 17.0 Å². The molecule has 10 heteroatoms. The number of halogens is 1. The van der Waals surface area contributed by atoms with Crippen LogP contribution in [0.15, 0.2) is 82.2 Å². The van der Waals surface area contributed by atoms with Gasteiger partial charge in [-0.15, -0.1) is 0 Å². The number of carbonyl (C=O) groups is 1. The lowest BCUT2D eigenvalue weighted by Gasteiger charge is -2.18. The number of sulfonamides is 1. The van der Waals surface area contributed by atoms with Gasteiger partial charge in [0.15, 0.2) is 5.11 Å². The van der Waals surface area contributed by atoms with Crippen molar-refractivity contribution in [2.75, 3.05) is 19.0 Å². The third kappa shape index (κ3) is 7.35. The molecule has 35 heavy (non-hydrogen) atoms. The van der Waals surface area contributed by atoms with Gasteiger partial charge in [0.05, 0.1) is 16.0 Å². The summed E-state index contributed by atoms with van der Waals surface area (Å²) in [6.07, 6.45) is 0.881. The minimum atomic E-state index is -3.66. The highest BCUT2D eigenvalue weighted by molar-refractivity contribution is 9.10. The van der Waals surface area contributed by atoms with Gasteiger partial charge in [0.25, 0.3) is 5.91 Å². The van der Waals surface area contributed by atoms with Crippen molar-refractivity contribution in [3.05, 3.63) is 88.4 Å². The summed E-state index contributed by atoms with van der Waals surface area (Å²) in [7, 11) is -2.12. The average Bonchev–Trinajstić information content (AvgIpc) is 2.84. The molecule has 0 aliphatic rings. The second-order valence-electron chi connectivity index (χ2n) is 7.67. The number of benzene rings is 3. The van der Waals surface area contributed by atoms with Crippen molar-refractivity contribution >= 4 is 54.9 Å². The van der Waals surface area contributed by atoms with Crippen molar-refractivity contribution in [1.82, 2.24) is 9.62 Å². The summed E-state index contributed by atoms with van der Waals surface area (Å²) in [5.41, 5.74) is 1.85. The van der Waals surface area contributed by atoms with Gasteiger partial charge in [0, 0.05) is 24.8 Å². The zero-order chi connectivity index (χ0) is 25.4. The second kappa shape index (κ2) is 12.3. The molecular weight excluding hydrogens is 550 g/mol. The van der Waals surface area contributed by atoms with Crippen LogP contribution < -0.4 is 15.4 Å². The maximum Gasteiger partial charge on any atom is 0.257 e. The number of hydrogen-bond donors (Lipinski definition) is 2. The van der Waals surface area contributed by atoms with E-state index in [9.17, 15) is 13.2 Å². The molecule has 0 radical (unpaired) electrons. The first-order valence-corrected chi connectivity index (χ1v) is 13.5. The third-order valence-corrected chi connectivity index (χ3v) is 7.59. The van der Waals surface area contributed by atoms with Gasteiger partial charge < -0.3 is 10.1 Å². The van der Waals surface area contributed by atoms with Crippen LogP contribution >= 0.6 is 28.1 Å². The fourth-order valence-electron chi connectivity index (χ4n) is 3.12. The summed E-state index contributed by atoms with van der Waals surface area (Å²) in [4.78, 5) is 12.7.